The van der Waals surface area contributed by atoms with Gasteiger partial charge < -0.3 is 20.1 Å². The fourth-order valence-electron chi connectivity index (χ4n) is 1.69. The van der Waals surface area contributed by atoms with E-state index in [0.29, 0.717) is 17.5 Å². The Morgan fingerprint density at radius 3 is 2.84 bits per heavy atom. The van der Waals surface area contributed by atoms with Gasteiger partial charge in [-0.05, 0) is 19.9 Å². The number of aromatic nitrogens is 2. The molecule has 0 aromatic carbocycles. The minimum absolute atomic E-state index is 0.0000406. The van der Waals surface area contributed by atoms with Gasteiger partial charge in [0.15, 0.2) is 11.5 Å². The Bertz CT molecular complexity index is 513. The molecule has 2 N–H and O–H groups in total. The quantitative estimate of drug-likeness (QED) is 0.865. The van der Waals surface area contributed by atoms with Crippen molar-refractivity contribution in [3.05, 3.63) is 35.9 Å². The summed E-state index contributed by atoms with van der Waals surface area (Å²) >= 11 is 0. The molecular formula is C13H18N4O2. The van der Waals surface area contributed by atoms with Crippen LogP contribution in [0.3, 0.4) is 0 Å². The highest BCUT2D eigenvalue weighted by atomic mass is 16.7. The molecule has 0 saturated carbocycles. The summed E-state index contributed by atoms with van der Waals surface area (Å²) in [6, 6.07) is 1.88. The third-order valence-electron chi connectivity index (χ3n) is 2.59. The Morgan fingerprint density at radius 1 is 1.42 bits per heavy atom. The van der Waals surface area contributed by atoms with E-state index in [1.165, 1.54) is 0 Å². The van der Waals surface area contributed by atoms with Gasteiger partial charge in [-0.15, -0.1) is 0 Å². The van der Waals surface area contributed by atoms with Crippen molar-refractivity contribution in [2.24, 2.45) is 0 Å². The van der Waals surface area contributed by atoms with Crippen LogP contribution < -0.4 is 10.6 Å². The molecule has 2 heterocycles. The first-order valence-corrected chi connectivity index (χ1v) is 6.05. The molecule has 0 bridgehead atoms. The van der Waals surface area contributed by atoms with E-state index in [0.717, 1.165) is 11.5 Å². The van der Waals surface area contributed by atoms with Crippen LogP contribution in [0.15, 0.2) is 30.2 Å². The highest BCUT2D eigenvalue weighted by Crippen LogP contribution is 2.20. The van der Waals surface area contributed by atoms with Gasteiger partial charge >= 0.3 is 0 Å². The Balaban J connectivity index is 2.08. The molecule has 1 unspecified atom stereocenters. The summed E-state index contributed by atoms with van der Waals surface area (Å²) in [6.07, 6.45) is 1.89. The van der Waals surface area contributed by atoms with Crippen LogP contribution in [0.2, 0.25) is 0 Å². The van der Waals surface area contributed by atoms with Crippen molar-refractivity contribution in [1.29, 1.82) is 0 Å². The molecule has 1 aliphatic rings. The van der Waals surface area contributed by atoms with Crippen molar-refractivity contribution in [3.63, 3.8) is 0 Å². The summed E-state index contributed by atoms with van der Waals surface area (Å²) in [5.74, 6) is 2.55. The molecule has 0 amide bonds. The molecule has 0 radical (unpaired) electrons. The van der Waals surface area contributed by atoms with E-state index >= 15 is 0 Å². The lowest BCUT2D eigenvalue weighted by Gasteiger charge is -2.12. The van der Waals surface area contributed by atoms with Crippen LogP contribution in [0.5, 0.6) is 0 Å². The summed E-state index contributed by atoms with van der Waals surface area (Å²) < 4.78 is 10.4. The Hall–Kier alpha value is -2.24. The maximum absolute atomic E-state index is 5.29. The van der Waals surface area contributed by atoms with Gasteiger partial charge in [-0.3, -0.25) is 0 Å². The molecular weight excluding hydrogens is 244 g/mol. The van der Waals surface area contributed by atoms with Gasteiger partial charge in [-0.2, -0.15) is 4.98 Å². The molecule has 1 fully saturated rings. The minimum Gasteiger partial charge on any atom is -0.454 e. The summed E-state index contributed by atoms with van der Waals surface area (Å²) in [5.41, 5.74) is 0.895. The molecule has 1 aromatic heterocycles. The van der Waals surface area contributed by atoms with Gasteiger partial charge in [-0.25, -0.2) is 4.98 Å². The zero-order valence-electron chi connectivity index (χ0n) is 11.4. The van der Waals surface area contributed by atoms with Crippen molar-refractivity contribution < 1.29 is 9.47 Å². The third kappa shape index (κ3) is 3.37. The van der Waals surface area contributed by atoms with Crippen molar-refractivity contribution in [3.8, 4) is 0 Å². The van der Waals surface area contributed by atoms with Gasteiger partial charge in [0, 0.05) is 24.8 Å². The lowest BCUT2D eigenvalue weighted by atomic mass is 10.2. The van der Waals surface area contributed by atoms with E-state index in [2.05, 4.69) is 27.2 Å². The Labute approximate surface area is 112 Å². The fraction of sp³-hybridized carbons (Fsp3) is 0.385. The van der Waals surface area contributed by atoms with E-state index < -0.39 is 0 Å². The second-order valence-corrected chi connectivity index (χ2v) is 4.26. The largest absolute Gasteiger partial charge is 0.454 e. The number of nitrogens with zero attached hydrogens (tertiary/aromatic N) is 2. The maximum Gasteiger partial charge on any atom is 0.231 e. The first-order chi connectivity index (χ1) is 9.08. The van der Waals surface area contributed by atoms with Crippen molar-refractivity contribution in [2.45, 2.75) is 19.9 Å². The number of hydrogen-bond acceptors (Lipinski definition) is 6. The normalized spacial score (nSPS) is 17.8. The molecule has 2 rings (SSSR count). The molecule has 19 heavy (non-hydrogen) atoms. The average Bonchev–Trinajstić information content (AvgIpc) is 2.74. The molecule has 0 spiro atoms. The van der Waals surface area contributed by atoms with E-state index in [1.54, 1.807) is 0 Å². The van der Waals surface area contributed by atoms with E-state index in [4.69, 9.17) is 9.47 Å². The standard InChI is InChI=1S/C13H18N4O2/c1-8(5-11-10(3)18-7-19-11)15-13-16-9(2)6-12(14-4)17-13/h5-6,8H,3,7H2,1-2,4H3,(H2,14,15,16,17)/b11-5+. The molecule has 1 atom stereocenters. The topological polar surface area (TPSA) is 68.3 Å². The predicted octanol–water partition coefficient (Wildman–Crippen LogP) is 2.03. The van der Waals surface area contributed by atoms with Crippen LogP contribution in [0.25, 0.3) is 0 Å². The number of rotatable bonds is 4. The molecule has 1 aromatic rings. The number of aryl methyl sites for hydroxylation is 1. The highest BCUT2D eigenvalue weighted by Gasteiger charge is 2.15. The van der Waals surface area contributed by atoms with Gasteiger partial charge in [0.25, 0.3) is 0 Å². The van der Waals surface area contributed by atoms with E-state index in [9.17, 15) is 0 Å². The lowest BCUT2D eigenvalue weighted by Crippen LogP contribution is -2.16. The van der Waals surface area contributed by atoms with Crippen molar-refractivity contribution in [2.75, 3.05) is 24.5 Å². The number of anilines is 2. The van der Waals surface area contributed by atoms with Gasteiger partial charge in [0.1, 0.15) is 5.82 Å². The number of nitrogens with one attached hydrogen (secondary N) is 2. The van der Waals surface area contributed by atoms with Gasteiger partial charge in [0.2, 0.25) is 12.7 Å². The molecule has 0 aliphatic carbocycles. The molecule has 1 aliphatic heterocycles. The summed E-state index contributed by atoms with van der Waals surface area (Å²) in [5, 5.41) is 6.19. The Kier molecular flexibility index (Phi) is 3.89. The van der Waals surface area contributed by atoms with Crippen LogP contribution >= 0.6 is 0 Å². The van der Waals surface area contributed by atoms with Crippen LogP contribution in [-0.4, -0.2) is 29.9 Å². The lowest BCUT2D eigenvalue weighted by molar-refractivity contribution is 0.0977. The second-order valence-electron chi connectivity index (χ2n) is 4.26. The molecule has 102 valence electrons. The summed E-state index contributed by atoms with van der Waals surface area (Å²) in [7, 11) is 1.82. The van der Waals surface area contributed by atoms with Gasteiger partial charge in [0.05, 0.1) is 0 Å². The van der Waals surface area contributed by atoms with E-state index in [-0.39, 0.29) is 12.8 Å². The first-order valence-electron chi connectivity index (χ1n) is 6.05. The minimum atomic E-state index is -0.0000406. The average molecular weight is 262 g/mol. The summed E-state index contributed by atoms with van der Waals surface area (Å²) in [6.45, 7) is 7.88. The predicted molar refractivity (Wildman–Crippen MR) is 73.7 cm³/mol. The second kappa shape index (κ2) is 5.60. The van der Waals surface area contributed by atoms with Crippen LogP contribution in [0.4, 0.5) is 11.8 Å². The maximum atomic E-state index is 5.29. The molecule has 6 heteroatoms. The fourth-order valence-corrected chi connectivity index (χ4v) is 1.69. The smallest absolute Gasteiger partial charge is 0.231 e. The first kappa shape index (κ1) is 13.2. The molecule has 1 saturated heterocycles. The zero-order valence-corrected chi connectivity index (χ0v) is 11.4. The van der Waals surface area contributed by atoms with Crippen LogP contribution in [0.1, 0.15) is 12.6 Å². The zero-order chi connectivity index (χ0) is 13.8. The third-order valence-corrected chi connectivity index (χ3v) is 2.59. The SMILES string of the molecule is C=C1OCO/C1=C/C(C)Nc1nc(C)cc(NC)n1. The monoisotopic (exact) mass is 262 g/mol. The van der Waals surface area contributed by atoms with Crippen LogP contribution in [0, 0.1) is 6.92 Å². The van der Waals surface area contributed by atoms with Gasteiger partial charge in [-0.1, -0.05) is 6.58 Å². The number of hydrogen-bond donors (Lipinski definition) is 2. The highest BCUT2D eigenvalue weighted by molar-refractivity contribution is 5.42. The van der Waals surface area contributed by atoms with Crippen molar-refractivity contribution in [1.82, 2.24) is 9.97 Å². The van der Waals surface area contributed by atoms with E-state index in [1.807, 2.05) is 33.0 Å². The van der Waals surface area contributed by atoms with Crippen LogP contribution in [-0.2, 0) is 9.47 Å². The van der Waals surface area contributed by atoms with Crippen molar-refractivity contribution >= 4 is 11.8 Å². The molecule has 6 nitrogen and oxygen atoms in total. The number of ether oxygens (including phenoxy) is 2. The Morgan fingerprint density at radius 2 is 2.21 bits per heavy atom. The summed E-state index contributed by atoms with van der Waals surface area (Å²) in [4.78, 5) is 8.66.